The zero-order valence-corrected chi connectivity index (χ0v) is 16.2. The number of amides is 1. The van der Waals surface area contributed by atoms with Crippen LogP contribution in [-0.2, 0) is 20.7 Å². The number of hydrogen-bond donors (Lipinski definition) is 0. The van der Waals surface area contributed by atoms with E-state index in [0.717, 1.165) is 51.3 Å². The third-order valence-corrected chi connectivity index (χ3v) is 6.15. The zero-order chi connectivity index (χ0) is 18.7. The summed E-state index contributed by atoms with van der Waals surface area (Å²) in [6.07, 6.45) is 2.90. The predicted octanol–water partition coefficient (Wildman–Crippen LogP) is 1.58. The molecule has 3 fully saturated rings. The molecule has 1 amide bonds. The van der Waals surface area contributed by atoms with Gasteiger partial charge in [-0.2, -0.15) is 0 Å². The van der Waals surface area contributed by atoms with E-state index in [0.29, 0.717) is 32.3 Å². The van der Waals surface area contributed by atoms with Gasteiger partial charge in [0.2, 0.25) is 5.91 Å². The first kappa shape index (κ1) is 18.7. The second kappa shape index (κ2) is 8.17. The molecule has 0 unspecified atom stereocenters. The van der Waals surface area contributed by atoms with Crippen molar-refractivity contribution in [1.29, 1.82) is 0 Å². The molecule has 27 heavy (non-hydrogen) atoms. The Morgan fingerprint density at radius 3 is 2.56 bits per heavy atom. The highest BCUT2D eigenvalue weighted by Gasteiger charge is 2.52. The number of ether oxygens (including phenoxy) is 3. The molecule has 4 rings (SSSR count). The van der Waals surface area contributed by atoms with Crippen LogP contribution in [-0.4, -0.2) is 81.5 Å². The van der Waals surface area contributed by atoms with Crippen LogP contribution in [0.15, 0.2) is 24.3 Å². The van der Waals surface area contributed by atoms with E-state index in [1.54, 1.807) is 7.11 Å². The van der Waals surface area contributed by atoms with E-state index in [-0.39, 0.29) is 11.3 Å². The quantitative estimate of drug-likeness (QED) is 0.783. The SMILES string of the molecule is COc1cccc(CC2(C(=O)N3CCOCC3)CN(C3CCOCC3)C2)c1. The van der Waals surface area contributed by atoms with Gasteiger partial charge in [-0.25, -0.2) is 0 Å². The Bertz CT molecular complexity index is 647. The largest absolute Gasteiger partial charge is 0.497 e. The molecule has 0 N–H and O–H groups in total. The van der Waals surface area contributed by atoms with Crippen LogP contribution in [0.1, 0.15) is 18.4 Å². The van der Waals surface area contributed by atoms with Crippen molar-refractivity contribution in [3.05, 3.63) is 29.8 Å². The number of carbonyl (C=O) groups is 1. The van der Waals surface area contributed by atoms with E-state index in [4.69, 9.17) is 14.2 Å². The number of nitrogens with zero attached hydrogens (tertiary/aromatic N) is 2. The van der Waals surface area contributed by atoms with Crippen molar-refractivity contribution in [3.63, 3.8) is 0 Å². The average molecular weight is 374 g/mol. The molecule has 6 heteroatoms. The summed E-state index contributed by atoms with van der Waals surface area (Å²) in [5, 5.41) is 0. The van der Waals surface area contributed by atoms with Crippen molar-refractivity contribution in [1.82, 2.24) is 9.80 Å². The van der Waals surface area contributed by atoms with Crippen molar-refractivity contribution in [2.24, 2.45) is 5.41 Å². The molecule has 3 saturated heterocycles. The Hall–Kier alpha value is -1.63. The Balaban J connectivity index is 1.51. The summed E-state index contributed by atoms with van der Waals surface area (Å²) < 4.78 is 16.3. The Kier molecular flexibility index (Phi) is 5.66. The molecule has 0 aromatic heterocycles. The number of likely N-dealkylation sites (tertiary alicyclic amines) is 1. The summed E-state index contributed by atoms with van der Waals surface area (Å²) >= 11 is 0. The molecule has 3 aliphatic heterocycles. The van der Waals surface area contributed by atoms with Gasteiger partial charge in [0.05, 0.1) is 25.7 Å². The van der Waals surface area contributed by atoms with E-state index < -0.39 is 0 Å². The standard InChI is InChI=1S/C21H30N2O4/c1-25-19-4-2-3-17(13-19)14-21(20(24)22-7-11-27-12-8-22)15-23(16-21)18-5-9-26-10-6-18/h2-4,13,18H,5-12,14-16H2,1H3. The highest BCUT2D eigenvalue weighted by Crippen LogP contribution is 2.39. The topological polar surface area (TPSA) is 51.2 Å². The molecule has 0 bridgehead atoms. The van der Waals surface area contributed by atoms with Crippen LogP contribution >= 0.6 is 0 Å². The van der Waals surface area contributed by atoms with Gasteiger partial charge in [-0.15, -0.1) is 0 Å². The first-order chi connectivity index (χ1) is 13.2. The fraction of sp³-hybridized carbons (Fsp3) is 0.667. The molecule has 3 aliphatic rings. The lowest BCUT2D eigenvalue weighted by atomic mass is 9.72. The van der Waals surface area contributed by atoms with E-state index in [2.05, 4.69) is 17.0 Å². The van der Waals surface area contributed by atoms with Crippen molar-refractivity contribution in [3.8, 4) is 5.75 Å². The van der Waals surface area contributed by atoms with Crippen LogP contribution in [0.3, 0.4) is 0 Å². The smallest absolute Gasteiger partial charge is 0.231 e. The van der Waals surface area contributed by atoms with Crippen LogP contribution < -0.4 is 4.74 Å². The third-order valence-electron chi connectivity index (χ3n) is 6.15. The monoisotopic (exact) mass is 374 g/mol. The maximum absolute atomic E-state index is 13.5. The van der Waals surface area contributed by atoms with Gasteiger partial charge >= 0.3 is 0 Å². The molecule has 1 aromatic rings. The minimum Gasteiger partial charge on any atom is -0.497 e. The summed E-state index contributed by atoms with van der Waals surface area (Å²) in [5.74, 6) is 1.14. The highest BCUT2D eigenvalue weighted by molar-refractivity contribution is 5.85. The second-order valence-corrected chi connectivity index (χ2v) is 7.96. The van der Waals surface area contributed by atoms with Crippen LogP contribution in [0.25, 0.3) is 0 Å². The molecule has 0 aliphatic carbocycles. The maximum atomic E-state index is 13.5. The molecule has 0 saturated carbocycles. The Labute approximate surface area is 161 Å². The molecule has 6 nitrogen and oxygen atoms in total. The van der Waals surface area contributed by atoms with Gasteiger partial charge in [0.1, 0.15) is 5.75 Å². The zero-order valence-electron chi connectivity index (χ0n) is 16.2. The van der Waals surface area contributed by atoms with Crippen LogP contribution in [0, 0.1) is 5.41 Å². The fourth-order valence-corrected chi connectivity index (χ4v) is 4.64. The molecule has 1 aromatic carbocycles. The summed E-state index contributed by atoms with van der Waals surface area (Å²) in [7, 11) is 1.68. The molecule has 0 spiro atoms. The van der Waals surface area contributed by atoms with Crippen LogP contribution in [0.2, 0.25) is 0 Å². The van der Waals surface area contributed by atoms with Gasteiger partial charge in [-0.3, -0.25) is 9.69 Å². The molecule has 0 atom stereocenters. The fourth-order valence-electron chi connectivity index (χ4n) is 4.64. The first-order valence-corrected chi connectivity index (χ1v) is 10.0. The van der Waals surface area contributed by atoms with Crippen molar-refractivity contribution < 1.29 is 19.0 Å². The molecule has 3 heterocycles. The van der Waals surface area contributed by atoms with Crippen LogP contribution in [0.4, 0.5) is 0 Å². The van der Waals surface area contributed by atoms with Gasteiger partial charge in [-0.05, 0) is 37.0 Å². The molecule has 0 radical (unpaired) electrons. The lowest BCUT2D eigenvalue weighted by Crippen LogP contribution is -2.68. The lowest BCUT2D eigenvalue weighted by Gasteiger charge is -2.54. The van der Waals surface area contributed by atoms with Crippen molar-refractivity contribution >= 4 is 5.91 Å². The van der Waals surface area contributed by atoms with Gasteiger partial charge < -0.3 is 19.1 Å². The number of methoxy groups -OCH3 is 1. The van der Waals surface area contributed by atoms with Crippen LogP contribution in [0.5, 0.6) is 5.75 Å². The number of morpholine rings is 1. The number of hydrogen-bond acceptors (Lipinski definition) is 5. The van der Waals surface area contributed by atoms with E-state index in [1.165, 1.54) is 5.56 Å². The van der Waals surface area contributed by atoms with Gasteiger partial charge in [0, 0.05) is 45.4 Å². The number of carbonyl (C=O) groups excluding carboxylic acids is 1. The molecular formula is C21H30N2O4. The molecule has 148 valence electrons. The lowest BCUT2D eigenvalue weighted by molar-refractivity contribution is -0.161. The van der Waals surface area contributed by atoms with Gasteiger partial charge in [-0.1, -0.05) is 12.1 Å². The minimum atomic E-state index is -0.331. The van der Waals surface area contributed by atoms with E-state index in [1.807, 2.05) is 17.0 Å². The predicted molar refractivity (Wildman–Crippen MR) is 102 cm³/mol. The summed E-state index contributed by atoms with van der Waals surface area (Å²) in [6.45, 7) is 6.04. The summed E-state index contributed by atoms with van der Waals surface area (Å²) in [5.41, 5.74) is 0.838. The van der Waals surface area contributed by atoms with Gasteiger partial charge in [0.15, 0.2) is 0 Å². The normalized spacial score (nSPS) is 23.7. The number of benzene rings is 1. The number of rotatable bonds is 5. The maximum Gasteiger partial charge on any atom is 0.231 e. The van der Waals surface area contributed by atoms with Crippen molar-refractivity contribution in [2.45, 2.75) is 25.3 Å². The minimum absolute atomic E-state index is 0.289. The second-order valence-electron chi connectivity index (χ2n) is 7.96. The Morgan fingerprint density at radius 1 is 1.15 bits per heavy atom. The third kappa shape index (κ3) is 3.98. The van der Waals surface area contributed by atoms with E-state index in [9.17, 15) is 4.79 Å². The first-order valence-electron chi connectivity index (χ1n) is 10.0. The molecular weight excluding hydrogens is 344 g/mol. The summed E-state index contributed by atoms with van der Waals surface area (Å²) in [4.78, 5) is 18.0. The average Bonchev–Trinajstić information content (AvgIpc) is 2.71. The Morgan fingerprint density at radius 2 is 1.85 bits per heavy atom. The summed E-state index contributed by atoms with van der Waals surface area (Å²) in [6, 6.07) is 8.68. The van der Waals surface area contributed by atoms with Crippen molar-refractivity contribution in [2.75, 3.05) is 59.7 Å². The van der Waals surface area contributed by atoms with E-state index >= 15 is 0 Å². The highest BCUT2D eigenvalue weighted by atomic mass is 16.5. The van der Waals surface area contributed by atoms with Gasteiger partial charge in [0.25, 0.3) is 0 Å².